The van der Waals surface area contributed by atoms with Crippen molar-refractivity contribution in [2.75, 3.05) is 11.0 Å². The van der Waals surface area contributed by atoms with Crippen molar-refractivity contribution < 1.29 is 4.39 Å². The minimum atomic E-state index is -0.271. The first-order valence-corrected chi connectivity index (χ1v) is 4.01. The smallest absolute Gasteiger partial charge is 0.148 e. The molecule has 0 amide bonds. The standard InChI is InChI=1S/C9H7ClFN/c10-12-6-2-4-7-3-1-5-8(11)9(7)12/h1-5H,6H2. The summed E-state index contributed by atoms with van der Waals surface area (Å²) in [6.07, 6.45) is 3.77. The van der Waals surface area contributed by atoms with E-state index in [-0.39, 0.29) is 5.82 Å². The maximum absolute atomic E-state index is 13.2. The van der Waals surface area contributed by atoms with Crippen LogP contribution in [0.2, 0.25) is 0 Å². The highest BCUT2D eigenvalue weighted by atomic mass is 35.5. The highest BCUT2D eigenvalue weighted by Gasteiger charge is 2.14. The lowest BCUT2D eigenvalue weighted by Crippen LogP contribution is -2.15. The van der Waals surface area contributed by atoms with Gasteiger partial charge in [0.25, 0.3) is 0 Å². The highest BCUT2D eigenvalue weighted by Crippen LogP contribution is 2.29. The van der Waals surface area contributed by atoms with Crippen LogP contribution in [0.3, 0.4) is 0 Å². The Labute approximate surface area is 75.2 Å². The van der Waals surface area contributed by atoms with E-state index in [1.165, 1.54) is 10.5 Å². The van der Waals surface area contributed by atoms with Crippen LogP contribution in [-0.2, 0) is 0 Å². The van der Waals surface area contributed by atoms with E-state index in [0.717, 1.165) is 5.56 Å². The average molecular weight is 184 g/mol. The van der Waals surface area contributed by atoms with E-state index in [1.807, 2.05) is 18.2 Å². The Balaban J connectivity index is 2.62. The summed E-state index contributed by atoms with van der Waals surface area (Å²) in [4.78, 5) is 0. The second-order valence-electron chi connectivity index (χ2n) is 2.62. The van der Waals surface area contributed by atoms with E-state index in [2.05, 4.69) is 0 Å². The van der Waals surface area contributed by atoms with Crippen molar-refractivity contribution in [3.8, 4) is 0 Å². The predicted molar refractivity (Wildman–Crippen MR) is 48.6 cm³/mol. The molecule has 2 rings (SSSR count). The third kappa shape index (κ3) is 1.08. The van der Waals surface area contributed by atoms with Crippen LogP contribution in [0.5, 0.6) is 0 Å². The molecular weight excluding hydrogens is 177 g/mol. The molecule has 1 nitrogen and oxygen atoms in total. The number of hydrogen-bond donors (Lipinski definition) is 0. The van der Waals surface area contributed by atoms with Crippen molar-refractivity contribution in [3.63, 3.8) is 0 Å². The summed E-state index contributed by atoms with van der Waals surface area (Å²) >= 11 is 5.79. The monoisotopic (exact) mass is 183 g/mol. The number of nitrogens with zero attached hydrogens (tertiary/aromatic N) is 1. The molecule has 12 heavy (non-hydrogen) atoms. The van der Waals surface area contributed by atoms with E-state index in [9.17, 15) is 4.39 Å². The summed E-state index contributed by atoms with van der Waals surface area (Å²) in [5.74, 6) is -0.271. The lowest BCUT2D eigenvalue weighted by molar-refractivity contribution is 0.627. The molecule has 0 radical (unpaired) electrons. The number of benzene rings is 1. The Morgan fingerprint density at radius 2 is 2.25 bits per heavy atom. The van der Waals surface area contributed by atoms with Crippen molar-refractivity contribution in [2.45, 2.75) is 0 Å². The molecule has 0 aliphatic carbocycles. The third-order valence-electron chi connectivity index (χ3n) is 1.82. The van der Waals surface area contributed by atoms with Crippen LogP contribution in [0.4, 0.5) is 10.1 Å². The summed E-state index contributed by atoms with van der Waals surface area (Å²) in [6, 6.07) is 4.92. The quantitative estimate of drug-likeness (QED) is 0.559. The SMILES string of the molecule is Fc1cccc2c1N(Cl)CC=C2. The summed E-state index contributed by atoms with van der Waals surface area (Å²) < 4.78 is 14.5. The number of hydrogen-bond acceptors (Lipinski definition) is 1. The minimum Gasteiger partial charge on any atom is -0.278 e. The van der Waals surface area contributed by atoms with Crippen molar-refractivity contribution in [1.29, 1.82) is 0 Å². The second kappa shape index (κ2) is 2.79. The van der Waals surface area contributed by atoms with Crippen LogP contribution in [0.15, 0.2) is 24.3 Å². The Morgan fingerprint density at radius 1 is 1.42 bits per heavy atom. The molecule has 0 saturated carbocycles. The number of para-hydroxylation sites is 1. The zero-order valence-corrected chi connectivity index (χ0v) is 7.05. The molecule has 0 unspecified atom stereocenters. The molecular formula is C9H7ClFN. The first kappa shape index (κ1) is 7.62. The molecule has 0 bridgehead atoms. The summed E-state index contributed by atoms with van der Waals surface area (Å²) in [5.41, 5.74) is 1.30. The molecule has 1 aliphatic rings. The fourth-order valence-corrected chi connectivity index (χ4v) is 1.54. The predicted octanol–water partition coefficient (Wildman–Crippen LogP) is 2.81. The van der Waals surface area contributed by atoms with Gasteiger partial charge in [0.05, 0.1) is 12.2 Å². The Hall–Kier alpha value is -1.02. The molecule has 62 valence electrons. The minimum absolute atomic E-state index is 0.271. The van der Waals surface area contributed by atoms with Crippen LogP contribution < -0.4 is 4.42 Å². The van der Waals surface area contributed by atoms with E-state index in [0.29, 0.717) is 12.2 Å². The maximum Gasteiger partial charge on any atom is 0.148 e. The van der Waals surface area contributed by atoms with Crippen LogP contribution in [0, 0.1) is 5.82 Å². The van der Waals surface area contributed by atoms with Gasteiger partial charge in [-0.1, -0.05) is 24.3 Å². The molecule has 0 N–H and O–H groups in total. The van der Waals surface area contributed by atoms with Crippen LogP contribution in [0.25, 0.3) is 6.08 Å². The average Bonchev–Trinajstić information content (AvgIpc) is 2.04. The molecule has 0 atom stereocenters. The maximum atomic E-state index is 13.2. The Morgan fingerprint density at radius 3 is 3.00 bits per heavy atom. The normalized spacial score (nSPS) is 14.7. The first-order chi connectivity index (χ1) is 5.79. The van der Waals surface area contributed by atoms with Crippen molar-refractivity contribution in [2.24, 2.45) is 0 Å². The number of halogens is 2. The largest absolute Gasteiger partial charge is 0.278 e. The third-order valence-corrected chi connectivity index (χ3v) is 2.13. The molecule has 1 aliphatic heterocycles. The van der Waals surface area contributed by atoms with Crippen LogP contribution >= 0.6 is 11.8 Å². The number of rotatable bonds is 0. The van der Waals surface area contributed by atoms with Gasteiger partial charge in [-0.25, -0.2) is 4.39 Å². The van der Waals surface area contributed by atoms with E-state index < -0.39 is 0 Å². The molecule has 0 aromatic heterocycles. The molecule has 0 spiro atoms. The van der Waals surface area contributed by atoms with Gasteiger partial charge in [0, 0.05) is 17.3 Å². The zero-order valence-electron chi connectivity index (χ0n) is 6.30. The van der Waals surface area contributed by atoms with Gasteiger partial charge < -0.3 is 0 Å². The molecule has 1 heterocycles. The fraction of sp³-hybridized carbons (Fsp3) is 0.111. The molecule has 1 aromatic carbocycles. The van der Waals surface area contributed by atoms with Crippen molar-refractivity contribution >= 4 is 23.5 Å². The van der Waals surface area contributed by atoms with Gasteiger partial charge in [-0.3, -0.25) is 4.42 Å². The zero-order chi connectivity index (χ0) is 8.55. The molecule has 1 aromatic rings. The van der Waals surface area contributed by atoms with E-state index >= 15 is 0 Å². The number of anilines is 1. The van der Waals surface area contributed by atoms with Crippen LogP contribution in [0.1, 0.15) is 5.56 Å². The fourth-order valence-electron chi connectivity index (χ4n) is 1.29. The van der Waals surface area contributed by atoms with Gasteiger partial charge in [0.2, 0.25) is 0 Å². The summed E-state index contributed by atoms with van der Waals surface area (Å²) in [5, 5.41) is 0. The van der Waals surface area contributed by atoms with Crippen molar-refractivity contribution in [3.05, 3.63) is 35.7 Å². The summed E-state index contributed by atoms with van der Waals surface area (Å²) in [7, 11) is 0. The van der Waals surface area contributed by atoms with Gasteiger partial charge in [-0.2, -0.15) is 0 Å². The van der Waals surface area contributed by atoms with Gasteiger partial charge in [-0.05, 0) is 6.07 Å². The number of fused-ring (bicyclic) bond motifs is 1. The van der Waals surface area contributed by atoms with Gasteiger partial charge >= 0.3 is 0 Å². The van der Waals surface area contributed by atoms with E-state index in [4.69, 9.17) is 11.8 Å². The Kier molecular flexibility index (Phi) is 1.77. The molecule has 0 fully saturated rings. The van der Waals surface area contributed by atoms with Gasteiger partial charge in [0.1, 0.15) is 5.82 Å². The van der Waals surface area contributed by atoms with Crippen molar-refractivity contribution in [1.82, 2.24) is 0 Å². The van der Waals surface area contributed by atoms with Crippen LogP contribution in [-0.4, -0.2) is 6.54 Å². The second-order valence-corrected chi connectivity index (χ2v) is 3.03. The molecule has 0 saturated heterocycles. The lowest BCUT2D eigenvalue weighted by atomic mass is 10.1. The summed E-state index contributed by atoms with van der Waals surface area (Å²) in [6.45, 7) is 0.551. The topological polar surface area (TPSA) is 3.24 Å². The Bertz CT molecular complexity index is 335. The van der Waals surface area contributed by atoms with Gasteiger partial charge in [0.15, 0.2) is 0 Å². The molecule has 3 heteroatoms. The van der Waals surface area contributed by atoms with Gasteiger partial charge in [-0.15, -0.1) is 0 Å². The lowest BCUT2D eigenvalue weighted by Gasteiger charge is -2.20. The first-order valence-electron chi connectivity index (χ1n) is 3.67. The van der Waals surface area contributed by atoms with E-state index in [1.54, 1.807) is 6.07 Å². The highest BCUT2D eigenvalue weighted by molar-refractivity contribution is 6.26.